The molecule has 0 radical (unpaired) electrons. The van der Waals surface area contributed by atoms with E-state index >= 15 is 0 Å². The first-order valence-corrected chi connectivity index (χ1v) is 5.37. The highest BCUT2D eigenvalue weighted by molar-refractivity contribution is 5.76. The van der Waals surface area contributed by atoms with Crippen LogP contribution in [0.15, 0.2) is 47.1 Å². The smallest absolute Gasteiger partial charge is 0.228 e. The Hall–Kier alpha value is -2.20. The number of nitrogens with two attached hydrogens (primary N) is 1. The third-order valence-corrected chi connectivity index (χ3v) is 2.60. The van der Waals surface area contributed by atoms with E-state index in [-0.39, 0.29) is 0 Å². The quantitative estimate of drug-likeness (QED) is 0.727. The molecule has 0 saturated carbocycles. The zero-order chi connectivity index (χ0) is 11.7. The van der Waals surface area contributed by atoms with Crippen LogP contribution in [0.2, 0.25) is 0 Å². The van der Waals surface area contributed by atoms with Gasteiger partial charge >= 0.3 is 0 Å². The maximum Gasteiger partial charge on any atom is 0.228 e. The second-order valence-electron chi connectivity index (χ2n) is 3.77. The molecule has 84 valence electrons. The van der Waals surface area contributed by atoms with E-state index in [2.05, 4.69) is 9.97 Å². The lowest BCUT2D eigenvalue weighted by molar-refractivity contribution is 0.619. The zero-order valence-electron chi connectivity index (χ0n) is 9.13. The molecule has 3 aromatic rings. The fourth-order valence-corrected chi connectivity index (χ4v) is 1.71. The third kappa shape index (κ3) is 1.79. The van der Waals surface area contributed by atoms with Gasteiger partial charge in [0, 0.05) is 18.9 Å². The SMILES string of the molecule is NCc1ccc2nc(-c3cccnc3)oc2c1. The fourth-order valence-electron chi connectivity index (χ4n) is 1.71. The largest absolute Gasteiger partial charge is 0.436 e. The molecule has 3 rings (SSSR count). The average molecular weight is 225 g/mol. The van der Waals surface area contributed by atoms with E-state index in [0.717, 1.165) is 22.2 Å². The van der Waals surface area contributed by atoms with Crippen molar-refractivity contribution in [2.45, 2.75) is 6.54 Å². The number of hydrogen-bond acceptors (Lipinski definition) is 4. The molecule has 0 unspecified atom stereocenters. The van der Waals surface area contributed by atoms with Crippen molar-refractivity contribution in [1.82, 2.24) is 9.97 Å². The second kappa shape index (κ2) is 3.99. The van der Waals surface area contributed by atoms with E-state index in [0.29, 0.717) is 12.4 Å². The molecule has 0 aliphatic rings. The summed E-state index contributed by atoms with van der Waals surface area (Å²) in [6.07, 6.45) is 3.45. The molecule has 0 fully saturated rings. The van der Waals surface area contributed by atoms with Gasteiger partial charge in [-0.05, 0) is 29.8 Å². The summed E-state index contributed by atoms with van der Waals surface area (Å²) in [7, 11) is 0. The summed E-state index contributed by atoms with van der Waals surface area (Å²) in [6.45, 7) is 0.499. The molecule has 2 aromatic heterocycles. The van der Waals surface area contributed by atoms with Gasteiger partial charge in [0.2, 0.25) is 5.89 Å². The van der Waals surface area contributed by atoms with Gasteiger partial charge in [-0.3, -0.25) is 4.98 Å². The highest BCUT2D eigenvalue weighted by Gasteiger charge is 2.08. The zero-order valence-corrected chi connectivity index (χ0v) is 9.13. The summed E-state index contributed by atoms with van der Waals surface area (Å²) in [5.41, 5.74) is 9.08. The van der Waals surface area contributed by atoms with E-state index in [4.69, 9.17) is 10.2 Å². The number of hydrogen-bond donors (Lipinski definition) is 1. The van der Waals surface area contributed by atoms with Crippen LogP contribution in [0, 0.1) is 0 Å². The monoisotopic (exact) mass is 225 g/mol. The standard InChI is InChI=1S/C13H11N3O/c14-7-9-3-4-11-12(6-9)17-13(16-11)10-2-1-5-15-8-10/h1-6,8H,7,14H2. The number of aromatic nitrogens is 2. The highest BCUT2D eigenvalue weighted by atomic mass is 16.3. The fraction of sp³-hybridized carbons (Fsp3) is 0.0769. The molecule has 0 aliphatic heterocycles. The molecule has 2 heterocycles. The molecular formula is C13H11N3O. The van der Waals surface area contributed by atoms with E-state index < -0.39 is 0 Å². The summed E-state index contributed by atoms with van der Waals surface area (Å²) in [6, 6.07) is 9.57. The van der Waals surface area contributed by atoms with Crippen LogP contribution in [-0.2, 0) is 6.54 Å². The normalized spacial score (nSPS) is 10.9. The van der Waals surface area contributed by atoms with Crippen LogP contribution in [0.3, 0.4) is 0 Å². The van der Waals surface area contributed by atoms with Crippen molar-refractivity contribution in [2.75, 3.05) is 0 Å². The van der Waals surface area contributed by atoms with Crippen molar-refractivity contribution < 1.29 is 4.42 Å². The highest BCUT2D eigenvalue weighted by Crippen LogP contribution is 2.24. The summed E-state index contributed by atoms with van der Waals surface area (Å²) < 4.78 is 5.69. The number of pyridine rings is 1. The van der Waals surface area contributed by atoms with Gasteiger partial charge in [-0.2, -0.15) is 0 Å². The Balaban J connectivity index is 2.14. The van der Waals surface area contributed by atoms with E-state index in [1.165, 1.54) is 0 Å². The predicted octanol–water partition coefficient (Wildman–Crippen LogP) is 2.35. The van der Waals surface area contributed by atoms with Gasteiger partial charge in [0.15, 0.2) is 5.58 Å². The summed E-state index contributed by atoms with van der Waals surface area (Å²) in [5, 5.41) is 0. The van der Waals surface area contributed by atoms with E-state index in [1.54, 1.807) is 12.4 Å². The number of oxazole rings is 1. The van der Waals surface area contributed by atoms with Crippen molar-refractivity contribution in [3.8, 4) is 11.5 Å². The minimum absolute atomic E-state index is 0.499. The molecular weight excluding hydrogens is 214 g/mol. The molecule has 0 aliphatic carbocycles. The van der Waals surface area contributed by atoms with Gasteiger partial charge in [-0.1, -0.05) is 6.07 Å². The van der Waals surface area contributed by atoms with Gasteiger partial charge in [-0.25, -0.2) is 4.98 Å². The minimum Gasteiger partial charge on any atom is -0.436 e. The number of fused-ring (bicyclic) bond motifs is 1. The number of benzene rings is 1. The maximum atomic E-state index is 5.69. The molecule has 0 saturated heterocycles. The van der Waals surface area contributed by atoms with Crippen molar-refractivity contribution in [3.05, 3.63) is 48.3 Å². The van der Waals surface area contributed by atoms with Gasteiger partial charge in [0.25, 0.3) is 0 Å². The number of rotatable bonds is 2. The van der Waals surface area contributed by atoms with Crippen molar-refractivity contribution in [1.29, 1.82) is 0 Å². The van der Waals surface area contributed by atoms with Crippen LogP contribution in [0.25, 0.3) is 22.6 Å². The molecule has 2 N–H and O–H groups in total. The lowest BCUT2D eigenvalue weighted by atomic mass is 10.2. The first-order chi connectivity index (χ1) is 8.36. The predicted molar refractivity (Wildman–Crippen MR) is 65.1 cm³/mol. The topological polar surface area (TPSA) is 64.9 Å². The Labute approximate surface area is 98.1 Å². The average Bonchev–Trinajstić information content (AvgIpc) is 2.82. The van der Waals surface area contributed by atoms with Crippen LogP contribution >= 0.6 is 0 Å². The Bertz CT molecular complexity index is 646. The second-order valence-corrected chi connectivity index (χ2v) is 3.77. The van der Waals surface area contributed by atoms with Gasteiger partial charge in [-0.15, -0.1) is 0 Å². The first kappa shape index (κ1) is 9.99. The minimum atomic E-state index is 0.499. The molecule has 0 atom stereocenters. The molecule has 4 heteroatoms. The van der Waals surface area contributed by atoms with Crippen molar-refractivity contribution in [2.24, 2.45) is 5.73 Å². The Morgan fingerprint density at radius 2 is 2.18 bits per heavy atom. The summed E-state index contributed by atoms with van der Waals surface area (Å²) in [5.74, 6) is 0.585. The summed E-state index contributed by atoms with van der Waals surface area (Å²) >= 11 is 0. The maximum absolute atomic E-state index is 5.69. The lowest BCUT2D eigenvalue weighted by Crippen LogP contribution is -1.94. The molecule has 0 spiro atoms. The van der Waals surface area contributed by atoms with Crippen LogP contribution in [0.1, 0.15) is 5.56 Å². The third-order valence-electron chi connectivity index (χ3n) is 2.60. The van der Waals surface area contributed by atoms with E-state index in [9.17, 15) is 0 Å². The molecule has 4 nitrogen and oxygen atoms in total. The van der Waals surface area contributed by atoms with Crippen molar-refractivity contribution >= 4 is 11.1 Å². The number of nitrogens with zero attached hydrogens (tertiary/aromatic N) is 2. The van der Waals surface area contributed by atoms with Gasteiger partial charge < -0.3 is 10.2 Å². The van der Waals surface area contributed by atoms with Gasteiger partial charge in [0.05, 0.1) is 5.56 Å². The summed E-state index contributed by atoms with van der Waals surface area (Å²) in [4.78, 5) is 8.46. The molecule has 0 amide bonds. The van der Waals surface area contributed by atoms with E-state index in [1.807, 2.05) is 30.3 Å². The van der Waals surface area contributed by atoms with Crippen LogP contribution < -0.4 is 5.73 Å². The molecule has 1 aromatic carbocycles. The lowest BCUT2D eigenvalue weighted by Gasteiger charge is -1.93. The van der Waals surface area contributed by atoms with Crippen molar-refractivity contribution in [3.63, 3.8) is 0 Å². The van der Waals surface area contributed by atoms with Crippen LogP contribution in [0.5, 0.6) is 0 Å². The van der Waals surface area contributed by atoms with Crippen LogP contribution in [0.4, 0.5) is 0 Å². The Morgan fingerprint density at radius 3 is 2.94 bits per heavy atom. The molecule has 0 bridgehead atoms. The Kier molecular flexibility index (Phi) is 2.34. The van der Waals surface area contributed by atoms with Gasteiger partial charge in [0.1, 0.15) is 5.52 Å². The first-order valence-electron chi connectivity index (χ1n) is 5.37. The Morgan fingerprint density at radius 1 is 1.24 bits per heavy atom. The van der Waals surface area contributed by atoms with Crippen LogP contribution in [-0.4, -0.2) is 9.97 Å². The molecule has 17 heavy (non-hydrogen) atoms.